The van der Waals surface area contributed by atoms with Gasteiger partial charge in [-0.1, -0.05) is 12.1 Å². The molecule has 1 rings (SSSR count). The maximum absolute atomic E-state index is 12.7. The van der Waals surface area contributed by atoms with Gasteiger partial charge in [0.2, 0.25) is 11.8 Å². The van der Waals surface area contributed by atoms with E-state index in [1.54, 1.807) is 0 Å². The third-order valence-electron chi connectivity index (χ3n) is 2.55. The van der Waals surface area contributed by atoms with E-state index in [4.69, 9.17) is 0 Å². The van der Waals surface area contributed by atoms with Gasteiger partial charge in [-0.3, -0.25) is 9.59 Å². The maximum atomic E-state index is 12.7. The smallest absolute Gasteiger partial charge is 0.354 e. The van der Waals surface area contributed by atoms with Crippen molar-refractivity contribution >= 4 is 11.8 Å². The van der Waals surface area contributed by atoms with Crippen LogP contribution in [0.1, 0.15) is 31.0 Å². The van der Waals surface area contributed by atoms with Crippen molar-refractivity contribution in [3.05, 3.63) is 35.4 Å². The third-order valence-corrected chi connectivity index (χ3v) is 2.55. The largest absolute Gasteiger partial charge is 0.416 e. The molecule has 20 heavy (non-hydrogen) atoms. The lowest BCUT2D eigenvalue weighted by Crippen LogP contribution is -2.36. The van der Waals surface area contributed by atoms with Crippen molar-refractivity contribution in [3.63, 3.8) is 0 Å². The lowest BCUT2D eigenvalue weighted by atomic mass is 10.0. The molecule has 4 nitrogen and oxygen atoms in total. The van der Waals surface area contributed by atoms with E-state index < -0.39 is 23.7 Å². The lowest BCUT2D eigenvalue weighted by molar-refractivity contribution is -0.137. The van der Waals surface area contributed by atoms with Gasteiger partial charge < -0.3 is 10.6 Å². The van der Waals surface area contributed by atoms with Gasteiger partial charge in [0.25, 0.3) is 0 Å². The van der Waals surface area contributed by atoms with Crippen molar-refractivity contribution in [1.82, 2.24) is 10.6 Å². The quantitative estimate of drug-likeness (QED) is 0.890. The highest BCUT2D eigenvalue weighted by Gasteiger charge is 2.31. The van der Waals surface area contributed by atoms with Crippen LogP contribution in [0, 0.1) is 0 Å². The first-order valence-corrected chi connectivity index (χ1v) is 5.89. The van der Waals surface area contributed by atoms with Crippen molar-refractivity contribution in [1.29, 1.82) is 0 Å². The number of benzene rings is 1. The van der Waals surface area contributed by atoms with E-state index in [0.717, 1.165) is 12.1 Å². The highest BCUT2D eigenvalue weighted by atomic mass is 19.4. The summed E-state index contributed by atoms with van der Waals surface area (Å²) in [5, 5.41) is 4.98. The van der Waals surface area contributed by atoms with Gasteiger partial charge >= 0.3 is 6.18 Å². The van der Waals surface area contributed by atoms with E-state index in [9.17, 15) is 22.8 Å². The van der Waals surface area contributed by atoms with E-state index in [1.165, 1.54) is 26.0 Å². The molecule has 0 unspecified atom stereocenters. The summed E-state index contributed by atoms with van der Waals surface area (Å²) >= 11 is 0. The molecular formula is C13H15F3N2O2. The van der Waals surface area contributed by atoms with Crippen LogP contribution in [0.15, 0.2) is 24.3 Å². The second-order valence-corrected chi connectivity index (χ2v) is 4.31. The van der Waals surface area contributed by atoms with E-state index in [0.29, 0.717) is 0 Å². The number of nitrogens with one attached hydrogen (secondary N) is 2. The molecule has 110 valence electrons. The van der Waals surface area contributed by atoms with Crippen LogP contribution in [0.4, 0.5) is 13.2 Å². The zero-order chi connectivity index (χ0) is 15.3. The standard InChI is InChI=1S/C13H15F3N2O2/c1-8(19)17-7-12(18-9(2)20)10-4-3-5-11(6-10)13(14,15)16/h3-6,12H,7H2,1-2H3,(H,17,19)(H,18,20)/t12-/m0/s1. The highest BCUT2D eigenvalue weighted by Crippen LogP contribution is 2.30. The number of alkyl halides is 3. The molecule has 2 N–H and O–H groups in total. The Morgan fingerprint density at radius 3 is 2.35 bits per heavy atom. The summed E-state index contributed by atoms with van der Waals surface area (Å²) in [5.74, 6) is -0.718. The minimum Gasteiger partial charge on any atom is -0.354 e. The van der Waals surface area contributed by atoms with Crippen LogP contribution in [0.2, 0.25) is 0 Å². The summed E-state index contributed by atoms with van der Waals surface area (Å²) in [6.07, 6.45) is -4.45. The summed E-state index contributed by atoms with van der Waals surface area (Å²) in [4.78, 5) is 22.0. The Kier molecular flexibility index (Phi) is 5.12. The molecule has 0 fully saturated rings. The van der Waals surface area contributed by atoms with Gasteiger partial charge in [0, 0.05) is 20.4 Å². The maximum Gasteiger partial charge on any atom is 0.416 e. The van der Waals surface area contributed by atoms with Gasteiger partial charge in [-0.15, -0.1) is 0 Å². The molecule has 0 saturated carbocycles. The average Bonchev–Trinajstić information content (AvgIpc) is 2.33. The number of rotatable bonds is 4. The molecule has 0 aliphatic rings. The van der Waals surface area contributed by atoms with Crippen LogP contribution < -0.4 is 10.6 Å². The Morgan fingerprint density at radius 2 is 1.85 bits per heavy atom. The second-order valence-electron chi connectivity index (χ2n) is 4.31. The second kappa shape index (κ2) is 6.40. The molecular weight excluding hydrogens is 273 g/mol. The zero-order valence-electron chi connectivity index (χ0n) is 11.0. The van der Waals surface area contributed by atoms with Gasteiger partial charge in [0.15, 0.2) is 0 Å². The summed E-state index contributed by atoms with van der Waals surface area (Å²) in [5.41, 5.74) is -0.517. The van der Waals surface area contributed by atoms with Crippen LogP contribution in [0.25, 0.3) is 0 Å². The molecule has 0 aromatic heterocycles. The molecule has 0 bridgehead atoms. The van der Waals surface area contributed by atoms with Crippen molar-refractivity contribution < 1.29 is 22.8 Å². The molecule has 7 heteroatoms. The molecule has 0 radical (unpaired) electrons. The minimum atomic E-state index is -4.45. The van der Waals surface area contributed by atoms with Crippen LogP contribution >= 0.6 is 0 Å². The van der Waals surface area contributed by atoms with E-state index in [2.05, 4.69) is 10.6 Å². The normalized spacial score (nSPS) is 12.7. The van der Waals surface area contributed by atoms with Gasteiger partial charge in [-0.05, 0) is 17.7 Å². The summed E-state index contributed by atoms with van der Waals surface area (Å²) in [6, 6.07) is 3.94. The van der Waals surface area contributed by atoms with Crippen molar-refractivity contribution in [2.45, 2.75) is 26.1 Å². The molecule has 0 aliphatic heterocycles. The Morgan fingerprint density at radius 1 is 1.20 bits per heavy atom. The molecule has 0 heterocycles. The van der Waals surface area contributed by atoms with Crippen molar-refractivity contribution in [2.75, 3.05) is 6.54 Å². The minimum absolute atomic E-state index is 0.0240. The predicted molar refractivity (Wildman–Crippen MR) is 66.7 cm³/mol. The van der Waals surface area contributed by atoms with Crippen LogP contribution in [0.3, 0.4) is 0 Å². The molecule has 0 saturated heterocycles. The van der Waals surface area contributed by atoms with Gasteiger partial charge in [-0.2, -0.15) is 13.2 Å². The molecule has 0 aliphatic carbocycles. The van der Waals surface area contributed by atoms with Crippen LogP contribution in [-0.2, 0) is 15.8 Å². The monoisotopic (exact) mass is 288 g/mol. The molecule has 1 aromatic rings. The zero-order valence-corrected chi connectivity index (χ0v) is 11.0. The molecule has 0 spiro atoms. The number of amides is 2. The van der Waals surface area contributed by atoms with E-state index >= 15 is 0 Å². The van der Waals surface area contributed by atoms with Gasteiger partial charge in [0.1, 0.15) is 0 Å². The molecule has 1 atom stereocenters. The van der Waals surface area contributed by atoms with Crippen LogP contribution in [-0.4, -0.2) is 18.4 Å². The Hall–Kier alpha value is -2.05. The third kappa shape index (κ3) is 4.91. The van der Waals surface area contributed by atoms with Gasteiger partial charge in [-0.25, -0.2) is 0 Å². The fourth-order valence-electron chi connectivity index (χ4n) is 1.68. The Balaban J connectivity index is 3.00. The number of hydrogen-bond acceptors (Lipinski definition) is 2. The fraction of sp³-hybridized carbons (Fsp3) is 0.385. The molecule has 1 aromatic carbocycles. The van der Waals surface area contributed by atoms with Gasteiger partial charge in [0.05, 0.1) is 11.6 Å². The number of carbonyl (C=O) groups is 2. The van der Waals surface area contributed by atoms with E-state index in [1.807, 2.05) is 0 Å². The van der Waals surface area contributed by atoms with E-state index in [-0.39, 0.29) is 18.0 Å². The Labute approximate surface area is 114 Å². The summed E-state index contributed by atoms with van der Waals surface area (Å²) < 4.78 is 38.0. The average molecular weight is 288 g/mol. The fourth-order valence-corrected chi connectivity index (χ4v) is 1.68. The van der Waals surface area contributed by atoms with Crippen molar-refractivity contribution in [3.8, 4) is 0 Å². The number of carbonyl (C=O) groups excluding carboxylic acids is 2. The SMILES string of the molecule is CC(=O)NC[C@H](NC(C)=O)c1cccc(C(F)(F)F)c1. The topological polar surface area (TPSA) is 58.2 Å². The first-order valence-electron chi connectivity index (χ1n) is 5.89. The highest BCUT2D eigenvalue weighted by molar-refractivity contribution is 5.74. The first-order chi connectivity index (χ1) is 9.20. The lowest BCUT2D eigenvalue weighted by Gasteiger charge is -2.19. The van der Waals surface area contributed by atoms with Crippen molar-refractivity contribution in [2.24, 2.45) is 0 Å². The Bertz CT molecular complexity index is 501. The summed E-state index contributed by atoms with van der Waals surface area (Å²) in [7, 11) is 0. The molecule has 2 amide bonds. The first kappa shape index (κ1) is 16.0. The number of halogens is 3. The number of hydrogen-bond donors (Lipinski definition) is 2. The van der Waals surface area contributed by atoms with Crippen LogP contribution in [0.5, 0.6) is 0 Å². The summed E-state index contributed by atoms with van der Waals surface area (Å²) in [6.45, 7) is 2.57. The predicted octanol–water partition coefficient (Wildman–Crippen LogP) is 2.02.